The van der Waals surface area contributed by atoms with Crippen molar-refractivity contribution < 1.29 is 4.39 Å². The summed E-state index contributed by atoms with van der Waals surface area (Å²) in [6.07, 6.45) is 0. The van der Waals surface area contributed by atoms with Crippen LogP contribution >= 0.6 is 11.3 Å². The summed E-state index contributed by atoms with van der Waals surface area (Å²) in [6, 6.07) is 9.73. The van der Waals surface area contributed by atoms with Gasteiger partial charge < -0.3 is 10.2 Å². The smallest absolute Gasteiger partial charge is 0.146 e. The molecule has 0 bridgehead atoms. The summed E-state index contributed by atoms with van der Waals surface area (Å²) in [4.78, 5) is 3.40. The lowest BCUT2D eigenvalue weighted by Crippen LogP contribution is -2.32. The summed E-state index contributed by atoms with van der Waals surface area (Å²) in [5.74, 6) is -0.143. The van der Waals surface area contributed by atoms with Crippen molar-refractivity contribution in [3.63, 3.8) is 0 Å². The Labute approximate surface area is 130 Å². The van der Waals surface area contributed by atoms with E-state index in [2.05, 4.69) is 42.4 Å². The van der Waals surface area contributed by atoms with Gasteiger partial charge in [0.05, 0.1) is 12.2 Å². The molecule has 0 radical (unpaired) electrons. The minimum atomic E-state index is -0.143. The van der Waals surface area contributed by atoms with Crippen LogP contribution in [0, 0.1) is 5.82 Å². The van der Waals surface area contributed by atoms with E-state index in [4.69, 9.17) is 0 Å². The highest BCUT2D eigenvalue weighted by Crippen LogP contribution is 2.29. The fourth-order valence-corrected chi connectivity index (χ4v) is 3.08. The molecule has 1 N–H and O–H groups in total. The summed E-state index contributed by atoms with van der Waals surface area (Å²) < 4.78 is 14.5. The molecule has 114 valence electrons. The van der Waals surface area contributed by atoms with Crippen molar-refractivity contribution in [3.05, 3.63) is 52.0 Å². The standard InChI is InChI=1S/C17H23FN2S/c1-4-19-11-14-7-5-9-16(18)17(14)20(13(2)3)12-15-8-6-10-21-15/h5-10,13,19H,4,11-12H2,1-3H3. The van der Waals surface area contributed by atoms with Gasteiger partial charge >= 0.3 is 0 Å². The quantitative estimate of drug-likeness (QED) is 0.815. The van der Waals surface area contributed by atoms with Crippen LogP contribution in [0.25, 0.3) is 0 Å². The Morgan fingerprint density at radius 1 is 1.24 bits per heavy atom. The van der Waals surface area contributed by atoms with Crippen molar-refractivity contribution in [2.75, 3.05) is 11.4 Å². The molecule has 0 aliphatic heterocycles. The number of rotatable bonds is 7. The van der Waals surface area contributed by atoms with E-state index < -0.39 is 0 Å². The molecule has 1 aromatic heterocycles. The average Bonchev–Trinajstić information content (AvgIpc) is 2.96. The van der Waals surface area contributed by atoms with Crippen LogP contribution in [0.1, 0.15) is 31.2 Å². The lowest BCUT2D eigenvalue weighted by Gasteiger charge is -2.31. The first-order valence-corrected chi connectivity index (χ1v) is 8.28. The molecule has 2 nitrogen and oxygen atoms in total. The van der Waals surface area contributed by atoms with Gasteiger partial charge in [-0.2, -0.15) is 0 Å². The van der Waals surface area contributed by atoms with Crippen LogP contribution < -0.4 is 10.2 Å². The molecule has 2 aromatic rings. The Kier molecular flexibility index (Phi) is 5.76. The maximum absolute atomic E-state index is 14.5. The third-order valence-electron chi connectivity index (χ3n) is 3.45. The van der Waals surface area contributed by atoms with Crippen molar-refractivity contribution in [1.29, 1.82) is 0 Å². The average molecular weight is 306 g/mol. The van der Waals surface area contributed by atoms with Gasteiger partial charge in [0.15, 0.2) is 0 Å². The molecule has 2 rings (SSSR count). The summed E-state index contributed by atoms with van der Waals surface area (Å²) in [6.45, 7) is 8.59. The number of thiophene rings is 1. The number of nitrogens with one attached hydrogen (secondary N) is 1. The van der Waals surface area contributed by atoms with E-state index in [-0.39, 0.29) is 11.9 Å². The molecule has 0 aliphatic rings. The first-order valence-electron chi connectivity index (χ1n) is 7.40. The summed E-state index contributed by atoms with van der Waals surface area (Å²) in [5, 5.41) is 5.36. The molecule has 0 aliphatic carbocycles. The highest BCUT2D eigenvalue weighted by atomic mass is 32.1. The summed E-state index contributed by atoms with van der Waals surface area (Å²) in [5.41, 5.74) is 1.74. The Hall–Kier alpha value is -1.39. The Morgan fingerprint density at radius 2 is 2.05 bits per heavy atom. The predicted octanol–water partition coefficient (Wildman–Crippen LogP) is 4.41. The minimum absolute atomic E-state index is 0.143. The molecule has 0 saturated carbocycles. The van der Waals surface area contributed by atoms with E-state index in [1.165, 1.54) is 4.88 Å². The van der Waals surface area contributed by atoms with Crippen LogP contribution in [0.4, 0.5) is 10.1 Å². The van der Waals surface area contributed by atoms with Crippen LogP contribution in [-0.2, 0) is 13.1 Å². The van der Waals surface area contributed by atoms with E-state index in [0.717, 1.165) is 24.3 Å². The molecule has 0 saturated heterocycles. The third kappa shape index (κ3) is 4.05. The maximum atomic E-state index is 14.5. The molecular weight excluding hydrogens is 283 g/mol. The van der Waals surface area contributed by atoms with E-state index >= 15 is 0 Å². The first-order chi connectivity index (χ1) is 10.1. The predicted molar refractivity (Wildman–Crippen MR) is 89.4 cm³/mol. The second kappa shape index (κ2) is 7.57. The Bertz CT molecular complexity index is 552. The monoisotopic (exact) mass is 306 g/mol. The van der Waals surface area contributed by atoms with Crippen molar-refractivity contribution in [3.8, 4) is 0 Å². The van der Waals surface area contributed by atoms with Gasteiger partial charge in [-0.05, 0) is 43.5 Å². The van der Waals surface area contributed by atoms with E-state index in [0.29, 0.717) is 6.54 Å². The van der Waals surface area contributed by atoms with Crippen LogP contribution in [-0.4, -0.2) is 12.6 Å². The van der Waals surface area contributed by atoms with Gasteiger partial charge in [0, 0.05) is 17.5 Å². The number of nitrogens with zero attached hydrogens (tertiary/aromatic N) is 1. The highest BCUT2D eigenvalue weighted by Gasteiger charge is 2.19. The summed E-state index contributed by atoms with van der Waals surface area (Å²) >= 11 is 1.71. The molecular formula is C17H23FN2S. The second-order valence-electron chi connectivity index (χ2n) is 5.33. The Morgan fingerprint density at radius 3 is 2.67 bits per heavy atom. The van der Waals surface area contributed by atoms with Gasteiger partial charge in [0.25, 0.3) is 0 Å². The fourth-order valence-electron chi connectivity index (χ4n) is 2.37. The minimum Gasteiger partial charge on any atom is -0.361 e. The fraction of sp³-hybridized carbons (Fsp3) is 0.412. The molecule has 1 heterocycles. The molecule has 0 atom stereocenters. The van der Waals surface area contributed by atoms with Gasteiger partial charge in [-0.25, -0.2) is 4.39 Å². The van der Waals surface area contributed by atoms with E-state index in [1.54, 1.807) is 23.5 Å². The molecule has 0 spiro atoms. The van der Waals surface area contributed by atoms with Crippen molar-refractivity contribution >= 4 is 17.0 Å². The maximum Gasteiger partial charge on any atom is 0.146 e. The molecule has 0 amide bonds. The second-order valence-corrected chi connectivity index (χ2v) is 6.36. The summed E-state index contributed by atoms with van der Waals surface area (Å²) in [7, 11) is 0. The number of halogens is 1. The zero-order chi connectivity index (χ0) is 15.2. The molecule has 0 unspecified atom stereocenters. The van der Waals surface area contributed by atoms with Gasteiger partial charge in [-0.3, -0.25) is 0 Å². The largest absolute Gasteiger partial charge is 0.361 e. The molecule has 1 aromatic carbocycles. The molecule has 4 heteroatoms. The van der Waals surface area contributed by atoms with Crippen LogP contribution in [0.3, 0.4) is 0 Å². The zero-order valence-electron chi connectivity index (χ0n) is 12.9. The van der Waals surface area contributed by atoms with Gasteiger partial charge in [-0.15, -0.1) is 11.3 Å². The number of hydrogen-bond acceptors (Lipinski definition) is 3. The number of para-hydroxylation sites is 1. The van der Waals surface area contributed by atoms with Crippen molar-refractivity contribution in [1.82, 2.24) is 5.32 Å². The lowest BCUT2D eigenvalue weighted by molar-refractivity contribution is 0.592. The van der Waals surface area contributed by atoms with Crippen LogP contribution in [0.5, 0.6) is 0 Å². The lowest BCUT2D eigenvalue weighted by atomic mass is 10.1. The van der Waals surface area contributed by atoms with E-state index in [9.17, 15) is 4.39 Å². The van der Waals surface area contributed by atoms with Crippen molar-refractivity contribution in [2.45, 2.75) is 39.9 Å². The Balaban J connectivity index is 2.34. The SMILES string of the molecule is CCNCc1cccc(F)c1N(Cc1cccs1)C(C)C. The highest BCUT2D eigenvalue weighted by molar-refractivity contribution is 7.09. The van der Waals surface area contributed by atoms with Gasteiger partial charge in [0.2, 0.25) is 0 Å². The van der Waals surface area contributed by atoms with Crippen LogP contribution in [0.2, 0.25) is 0 Å². The number of anilines is 1. The molecule has 0 fully saturated rings. The molecule has 21 heavy (non-hydrogen) atoms. The third-order valence-corrected chi connectivity index (χ3v) is 4.31. The van der Waals surface area contributed by atoms with Crippen molar-refractivity contribution in [2.24, 2.45) is 0 Å². The zero-order valence-corrected chi connectivity index (χ0v) is 13.7. The normalized spacial score (nSPS) is 11.1. The topological polar surface area (TPSA) is 15.3 Å². The van der Waals surface area contributed by atoms with Crippen LogP contribution in [0.15, 0.2) is 35.7 Å². The van der Waals surface area contributed by atoms with Gasteiger partial charge in [-0.1, -0.05) is 25.1 Å². The number of hydrogen-bond donors (Lipinski definition) is 1. The first kappa shape index (κ1) is 16.0. The number of benzene rings is 1. The van der Waals surface area contributed by atoms with E-state index in [1.807, 2.05) is 12.1 Å². The van der Waals surface area contributed by atoms with Gasteiger partial charge in [0.1, 0.15) is 5.82 Å².